The van der Waals surface area contributed by atoms with Crippen LogP contribution in [0.2, 0.25) is 0 Å². The highest BCUT2D eigenvalue weighted by molar-refractivity contribution is 5.94. The molecule has 1 aliphatic carbocycles. The summed E-state index contributed by atoms with van der Waals surface area (Å²) in [5.74, 6) is -4.06. The van der Waals surface area contributed by atoms with Gasteiger partial charge in [0.05, 0.1) is 16.6 Å². The zero-order valence-electron chi connectivity index (χ0n) is 27.0. The molecule has 3 aliphatic rings. The number of halogens is 2. The van der Waals surface area contributed by atoms with Gasteiger partial charge in [-0.1, -0.05) is 6.92 Å². The highest BCUT2D eigenvalue weighted by atomic mass is 19.1. The number of aromatic carboxylic acids is 2. The quantitative estimate of drug-likeness (QED) is 0.240. The molecule has 3 aromatic heterocycles. The summed E-state index contributed by atoms with van der Waals surface area (Å²) in [5.41, 5.74) is -1.55. The molecule has 258 valence electrons. The van der Waals surface area contributed by atoms with Crippen LogP contribution in [0.15, 0.2) is 40.2 Å². The SMILES string of the molecule is CCN1CCN(c2cc3c(cc2F)c(=O)c(C(=O)O)cn3C2CC2CCn2cc(C(=O)O)c(=O)c3cc(F)c(N4CCNCC4)nc32)CC1. The number of nitrogens with zero attached hydrogens (tertiary/aromatic N) is 6. The van der Waals surface area contributed by atoms with Gasteiger partial charge in [0.2, 0.25) is 10.9 Å². The van der Waals surface area contributed by atoms with E-state index in [-0.39, 0.29) is 40.7 Å². The summed E-state index contributed by atoms with van der Waals surface area (Å²) in [5, 5.41) is 22.7. The predicted molar refractivity (Wildman–Crippen MR) is 179 cm³/mol. The molecule has 2 saturated heterocycles. The number of aryl methyl sites for hydroxylation is 1. The second kappa shape index (κ2) is 12.9. The van der Waals surface area contributed by atoms with Crippen LogP contribution in [0.3, 0.4) is 0 Å². The van der Waals surface area contributed by atoms with E-state index in [4.69, 9.17) is 0 Å². The van der Waals surface area contributed by atoms with Crippen molar-refractivity contribution in [3.63, 3.8) is 0 Å². The van der Waals surface area contributed by atoms with Gasteiger partial charge in [0.1, 0.15) is 22.6 Å². The lowest BCUT2D eigenvalue weighted by atomic mass is 10.1. The Labute approximate surface area is 279 Å². The van der Waals surface area contributed by atoms with Crippen molar-refractivity contribution >= 4 is 45.4 Å². The van der Waals surface area contributed by atoms with Crippen LogP contribution in [0, 0.1) is 17.6 Å². The van der Waals surface area contributed by atoms with E-state index < -0.39 is 45.6 Å². The third-order valence-corrected chi connectivity index (χ3v) is 10.1. The largest absolute Gasteiger partial charge is 0.477 e. The van der Waals surface area contributed by atoms with E-state index in [1.54, 1.807) is 20.1 Å². The lowest BCUT2D eigenvalue weighted by Gasteiger charge is -2.35. The van der Waals surface area contributed by atoms with Gasteiger partial charge in [0.15, 0.2) is 11.6 Å². The third-order valence-electron chi connectivity index (χ3n) is 10.1. The maximum Gasteiger partial charge on any atom is 0.341 e. The zero-order chi connectivity index (χ0) is 34.6. The van der Waals surface area contributed by atoms with Crippen molar-refractivity contribution in [1.82, 2.24) is 24.3 Å². The Morgan fingerprint density at radius 1 is 0.878 bits per heavy atom. The number of aromatic nitrogens is 3. The predicted octanol–water partition coefficient (Wildman–Crippen LogP) is 2.59. The van der Waals surface area contributed by atoms with Crippen LogP contribution in [0.1, 0.15) is 46.5 Å². The molecular formula is C34H37F2N7O6. The van der Waals surface area contributed by atoms with Crippen LogP contribution in [0.4, 0.5) is 20.3 Å². The Balaban J connectivity index is 1.22. The summed E-state index contributed by atoms with van der Waals surface area (Å²) in [4.78, 5) is 60.8. The first-order valence-corrected chi connectivity index (χ1v) is 16.6. The number of piperazine rings is 2. The number of fused-ring (bicyclic) bond motifs is 2. The molecule has 0 bridgehead atoms. The first-order valence-electron chi connectivity index (χ1n) is 16.6. The number of carboxylic acids is 2. The first-order chi connectivity index (χ1) is 23.5. The third kappa shape index (κ3) is 6.01. The minimum Gasteiger partial charge on any atom is -0.477 e. The van der Waals surface area contributed by atoms with Gasteiger partial charge in [-0.15, -0.1) is 0 Å². The minimum absolute atomic E-state index is 0.0110. The van der Waals surface area contributed by atoms with Crippen molar-refractivity contribution in [2.24, 2.45) is 5.92 Å². The minimum atomic E-state index is -1.43. The molecular weight excluding hydrogens is 640 g/mol. The standard InChI is InChI=1S/C34H37F2N7O6/c1-2-39-9-11-40(12-10-39)28-16-27-20(14-24(28)35)29(44)23(34(48)49)18-43(27)26-13-19(26)3-6-42-17-22(33(46)47)30(45)21-15-25(36)32(38-31(21)42)41-7-4-37-5-8-41/h14-19,26,37H,2-13H2,1H3,(H,46,47)(H,48,49). The Morgan fingerprint density at radius 2 is 1.53 bits per heavy atom. The molecule has 1 saturated carbocycles. The molecule has 2 unspecified atom stereocenters. The molecule has 3 N–H and O–H groups in total. The number of carboxylic acid groups (broad SMARTS) is 2. The van der Waals surface area contributed by atoms with Gasteiger partial charge in [0, 0.05) is 82.7 Å². The van der Waals surface area contributed by atoms with E-state index in [0.29, 0.717) is 63.3 Å². The average Bonchev–Trinajstić information content (AvgIpc) is 3.87. The number of nitrogens with one attached hydrogen (secondary N) is 1. The van der Waals surface area contributed by atoms with E-state index in [1.165, 1.54) is 12.4 Å². The Bertz CT molecular complexity index is 2100. The van der Waals surface area contributed by atoms with E-state index in [2.05, 4.69) is 22.1 Å². The van der Waals surface area contributed by atoms with Gasteiger partial charge in [-0.2, -0.15) is 0 Å². The number of carbonyl (C=O) groups is 2. The molecule has 2 aliphatic heterocycles. The highest BCUT2D eigenvalue weighted by Gasteiger charge is 2.39. The van der Waals surface area contributed by atoms with E-state index in [9.17, 15) is 29.4 Å². The number of hydrogen-bond donors (Lipinski definition) is 3. The Kier molecular flexibility index (Phi) is 8.57. The smallest absolute Gasteiger partial charge is 0.341 e. The number of pyridine rings is 3. The fourth-order valence-corrected chi connectivity index (χ4v) is 7.22. The summed E-state index contributed by atoms with van der Waals surface area (Å²) in [6.07, 6.45) is 3.67. The molecule has 2 atom stereocenters. The topological polar surface area (TPSA) is 153 Å². The lowest BCUT2D eigenvalue weighted by Crippen LogP contribution is -2.46. The van der Waals surface area contributed by atoms with Crippen LogP contribution in [0.5, 0.6) is 0 Å². The fraction of sp³-hybridized carbons (Fsp3) is 0.441. The number of likely N-dealkylation sites (N-methyl/N-ethyl adjacent to an activating group) is 1. The van der Waals surface area contributed by atoms with E-state index in [1.807, 2.05) is 4.90 Å². The summed E-state index contributed by atoms with van der Waals surface area (Å²) in [7, 11) is 0. The molecule has 0 radical (unpaired) electrons. The summed E-state index contributed by atoms with van der Waals surface area (Å²) < 4.78 is 34.1. The van der Waals surface area contributed by atoms with E-state index >= 15 is 8.78 Å². The molecule has 7 rings (SSSR count). The van der Waals surface area contributed by atoms with Crippen LogP contribution in [0.25, 0.3) is 21.9 Å². The first kappa shape index (κ1) is 32.6. The van der Waals surface area contributed by atoms with Crippen LogP contribution < -0.4 is 26.0 Å². The van der Waals surface area contributed by atoms with Crippen LogP contribution >= 0.6 is 0 Å². The monoisotopic (exact) mass is 677 g/mol. The zero-order valence-corrected chi connectivity index (χ0v) is 27.0. The summed E-state index contributed by atoms with van der Waals surface area (Å²) in [6, 6.07) is 3.62. The summed E-state index contributed by atoms with van der Waals surface area (Å²) in [6.45, 7) is 8.28. The van der Waals surface area contributed by atoms with E-state index in [0.717, 1.165) is 31.8 Å². The normalized spacial score (nSPS) is 19.9. The molecule has 4 aromatic rings. The molecule has 1 aromatic carbocycles. The van der Waals surface area contributed by atoms with Crippen molar-refractivity contribution in [2.45, 2.75) is 32.4 Å². The van der Waals surface area contributed by atoms with Gasteiger partial charge in [-0.05, 0) is 43.5 Å². The number of anilines is 2. The van der Waals surface area contributed by atoms with Crippen LogP contribution in [-0.4, -0.2) is 100 Å². The van der Waals surface area contributed by atoms with Gasteiger partial charge >= 0.3 is 11.9 Å². The molecule has 5 heterocycles. The van der Waals surface area contributed by atoms with Crippen molar-refractivity contribution in [1.29, 1.82) is 0 Å². The summed E-state index contributed by atoms with van der Waals surface area (Å²) >= 11 is 0. The number of hydrogen-bond acceptors (Lipinski definition) is 9. The van der Waals surface area contributed by atoms with Crippen molar-refractivity contribution in [3.05, 3.63) is 73.8 Å². The maximum atomic E-state index is 15.5. The molecule has 13 nitrogen and oxygen atoms in total. The van der Waals surface area contributed by atoms with Crippen LogP contribution in [-0.2, 0) is 6.54 Å². The molecule has 15 heteroatoms. The molecule has 49 heavy (non-hydrogen) atoms. The van der Waals surface area contributed by atoms with Gasteiger partial charge < -0.3 is 39.4 Å². The second-order valence-electron chi connectivity index (χ2n) is 13.0. The molecule has 0 amide bonds. The average molecular weight is 678 g/mol. The lowest BCUT2D eigenvalue weighted by molar-refractivity contribution is 0.0684. The van der Waals surface area contributed by atoms with Gasteiger partial charge in [-0.3, -0.25) is 9.59 Å². The Morgan fingerprint density at radius 3 is 2.20 bits per heavy atom. The number of benzene rings is 1. The molecule has 0 spiro atoms. The van der Waals surface area contributed by atoms with Gasteiger partial charge in [-0.25, -0.2) is 23.4 Å². The maximum absolute atomic E-state index is 15.5. The van der Waals surface area contributed by atoms with Crippen molar-refractivity contribution in [2.75, 3.05) is 68.7 Å². The fourth-order valence-electron chi connectivity index (χ4n) is 7.22. The van der Waals surface area contributed by atoms with Crippen molar-refractivity contribution in [3.8, 4) is 0 Å². The van der Waals surface area contributed by atoms with Gasteiger partial charge in [0.25, 0.3) is 0 Å². The molecule has 3 fully saturated rings. The second-order valence-corrected chi connectivity index (χ2v) is 13.0. The van der Waals surface area contributed by atoms with Crippen molar-refractivity contribution < 1.29 is 28.6 Å². The Hall–Kier alpha value is -4.89. The number of rotatable bonds is 9. The highest BCUT2D eigenvalue weighted by Crippen LogP contribution is 2.47.